The van der Waals surface area contributed by atoms with Crippen molar-refractivity contribution in [2.24, 2.45) is 0 Å². The van der Waals surface area contributed by atoms with Crippen LogP contribution >= 0.6 is 11.3 Å². The van der Waals surface area contributed by atoms with Crippen LogP contribution in [0.1, 0.15) is 21.1 Å². The highest BCUT2D eigenvalue weighted by atomic mass is 32.1. The summed E-state index contributed by atoms with van der Waals surface area (Å²) in [6, 6.07) is 11.2. The summed E-state index contributed by atoms with van der Waals surface area (Å²) in [6.07, 6.45) is 0. The largest absolute Gasteiger partial charge is 0.453 e. The first kappa shape index (κ1) is 15.9. The number of carbonyl (C=O) groups is 1. The van der Waals surface area contributed by atoms with Gasteiger partial charge in [-0.15, -0.1) is 11.3 Å². The zero-order chi connectivity index (χ0) is 16.9. The van der Waals surface area contributed by atoms with E-state index in [-0.39, 0.29) is 18.4 Å². The van der Waals surface area contributed by atoms with Gasteiger partial charge in [-0.3, -0.25) is 0 Å². The second-order valence-electron chi connectivity index (χ2n) is 4.98. The van der Waals surface area contributed by atoms with Gasteiger partial charge in [0.1, 0.15) is 4.88 Å². The van der Waals surface area contributed by atoms with Crippen LogP contribution in [0, 0.1) is 6.92 Å². The van der Waals surface area contributed by atoms with Crippen molar-refractivity contribution in [2.45, 2.75) is 13.5 Å². The summed E-state index contributed by atoms with van der Waals surface area (Å²) in [5.41, 5.74) is 7.67. The van der Waals surface area contributed by atoms with E-state index in [9.17, 15) is 4.79 Å². The number of thiophene rings is 1. The molecule has 0 bridgehead atoms. The molecule has 1 aromatic carbocycles. The third kappa shape index (κ3) is 4.05. The molecular formula is C16H15N5O2S. The Labute approximate surface area is 142 Å². The van der Waals surface area contributed by atoms with Crippen LogP contribution in [0.25, 0.3) is 0 Å². The molecule has 0 radical (unpaired) electrons. The van der Waals surface area contributed by atoms with Gasteiger partial charge in [-0.2, -0.15) is 15.0 Å². The summed E-state index contributed by atoms with van der Waals surface area (Å²) < 4.78 is 5.18. The average molecular weight is 341 g/mol. The van der Waals surface area contributed by atoms with Crippen molar-refractivity contribution in [3.05, 3.63) is 58.0 Å². The molecule has 0 atom stereocenters. The number of ether oxygens (including phenoxy) is 1. The molecule has 0 spiro atoms. The number of benzene rings is 1. The molecular weight excluding hydrogens is 326 g/mol. The van der Waals surface area contributed by atoms with Crippen molar-refractivity contribution in [3.8, 4) is 0 Å². The van der Waals surface area contributed by atoms with Crippen molar-refractivity contribution in [1.82, 2.24) is 15.0 Å². The molecule has 122 valence electrons. The van der Waals surface area contributed by atoms with E-state index >= 15 is 0 Å². The van der Waals surface area contributed by atoms with Crippen molar-refractivity contribution in [1.29, 1.82) is 0 Å². The smallest absolute Gasteiger partial charge is 0.348 e. The predicted octanol–water partition coefficient (Wildman–Crippen LogP) is 2.92. The number of anilines is 3. The number of aryl methyl sites for hydroxylation is 1. The first-order chi connectivity index (χ1) is 11.6. The Morgan fingerprint density at radius 2 is 2.00 bits per heavy atom. The van der Waals surface area contributed by atoms with Gasteiger partial charge in [0.25, 0.3) is 0 Å². The maximum atomic E-state index is 11.8. The highest BCUT2D eigenvalue weighted by molar-refractivity contribution is 7.11. The molecule has 2 aromatic heterocycles. The van der Waals surface area contributed by atoms with Gasteiger partial charge in [-0.1, -0.05) is 23.8 Å². The van der Waals surface area contributed by atoms with Gasteiger partial charge < -0.3 is 15.8 Å². The SMILES string of the molecule is Cc1ccc(Nc2nc(N)nc(COC(=O)c3cccs3)n2)cc1. The van der Waals surface area contributed by atoms with E-state index in [0.717, 1.165) is 11.3 Å². The molecule has 0 aliphatic heterocycles. The number of carbonyl (C=O) groups excluding carboxylic acids is 1. The van der Waals surface area contributed by atoms with Crippen LogP contribution in [-0.2, 0) is 11.3 Å². The van der Waals surface area contributed by atoms with Gasteiger partial charge >= 0.3 is 5.97 Å². The Kier molecular flexibility index (Phi) is 4.66. The summed E-state index contributed by atoms with van der Waals surface area (Å²) >= 11 is 1.31. The summed E-state index contributed by atoms with van der Waals surface area (Å²) in [4.78, 5) is 24.6. The monoisotopic (exact) mass is 341 g/mol. The van der Waals surface area contributed by atoms with Crippen LogP contribution < -0.4 is 11.1 Å². The topological polar surface area (TPSA) is 103 Å². The van der Waals surface area contributed by atoms with Gasteiger partial charge in [-0.25, -0.2) is 4.79 Å². The molecule has 0 aliphatic rings. The van der Waals surface area contributed by atoms with Crippen molar-refractivity contribution >= 4 is 34.9 Å². The molecule has 3 rings (SSSR count). The van der Waals surface area contributed by atoms with Gasteiger partial charge in [0.05, 0.1) is 0 Å². The minimum absolute atomic E-state index is 0.0572. The summed E-state index contributed by atoms with van der Waals surface area (Å²) in [5.74, 6) is 0.217. The summed E-state index contributed by atoms with van der Waals surface area (Å²) in [6.45, 7) is 1.93. The number of hydrogen-bond donors (Lipinski definition) is 2. The number of hydrogen-bond acceptors (Lipinski definition) is 8. The molecule has 0 saturated carbocycles. The Bertz CT molecular complexity index is 834. The van der Waals surface area contributed by atoms with Crippen LogP contribution in [0.2, 0.25) is 0 Å². The maximum Gasteiger partial charge on any atom is 0.348 e. The van der Waals surface area contributed by atoms with Gasteiger partial charge in [0, 0.05) is 5.69 Å². The lowest BCUT2D eigenvalue weighted by molar-refractivity contribution is 0.0468. The predicted molar refractivity (Wildman–Crippen MR) is 92.1 cm³/mol. The van der Waals surface area contributed by atoms with Gasteiger partial charge in [-0.05, 0) is 30.5 Å². The summed E-state index contributed by atoms with van der Waals surface area (Å²) in [5, 5.41) is 4.85. The van der Waals surface area contributed by atoms with Crippen LogP contribution in [0.3, 0.4) is 0 Å². The van der Waals surface area contributed by atoms with Crippen LogP contribution in [0.5, 0.6) is 0 Å². The second kappa shape index (κ2) is 7.05. The number of aromatic nitrogens is 3. The molecule has 0 unspecified atom stereocenters. The van der Waals surface area contributed by atoms with E-state index in [4.69, 9.17) is 10.5 Å². The third-order valence-electron chi connectivity index (χ3n) is 3.06. The normalized spacial score (nSPS) is 10.4. The molecule has 0 amide bonds. The van der Waals surface area contributed by atoms with E-state index in [1.165, 1.54) is 11.3 Å². The van der Waals surface area contributed by atoms with E-state index in [1.807, 2.05) is 31.2 Å². The summed E-state index contributed by atoms with van der Waals surface area (Å²) in [7, 11) is 0. The van der Waals surface area contributed by atoms with Crippen LogP contribution in [-0.4, -0.2) is 20.9 Å². The number of nitrogen functional groups attached to an aromatic ring is 1. The zero-order valence-corrected chi connectivity index (χ0v) is 13.7. The number of rotatable bonds is 5. The second-order valence-corrected chi connectivity index (χ2v) is 5.93. The molecule has 0 aliphatic carbocycles. The van der Waals surface area contributed by atoms with Crippen LogP contribution in [0.4, 0.5) is 17.6 Å². The quantitative estimate of drug-likeness (QED) is 0.688. The minimum Gasteiger partial charge on any atom is -0.453 e. The average Bonchev–Trinajstić information content (AvgIpc) is 3.09. The standard InChI is InChI=1S/C16H15N5O2S/c1-10-4-6-11(7-5-10)18-16-20-13(19-15(17)21-16)9-23-14(22)12-3-2-8-24-12/h2-8H,9H2,1H3,(H3,17,18,19,20,21). The fourth-order valence-electron chi connectivity index (χ4n) is 1.92. The van der Waals surface area contributed by atoms with Gasteiger partial charge in [0.2, 0.25) is 11.9 Å². The van der Waals surface area contributed by atoms with Gasteiger partial charge in [0.15, 0.2) is 12.4 Å². The van der Waals surface area contributed by atoms with E-state index in [1.54, 1.807) is 17.5 Å². The minimum atomic E-state index is -0.419. The Balaban J connectivity index is 1.69. The lowest BCUT2D eigenvalue weighted by Crippen LogP contribution is -2.10. The molecule has 3 N–H and O–H groups in total. The zero-order valence-electron chi connectivity index (χ0n) is 12.9. The van der Waals surface area contributed by atoms with Crippen molar-refractivity contribution in [3.63, 3.8) is 0 Å². The Morgan fingerprint density at radius 1 is 1.21 bits per heavy atom. The molecule has 7 nitrogen and oxygen atoms in total. The molecule has 8 heteroatoms. The Hall–Kier alpha value is -3.00. The van der Waals surface area contributed by atoms with Crippen LogP contribution in [0.15, 0.2) is 41.8 Å². The molecule has 24 heavy (non-hydrogen) atoms. The van der Waals surface area contributed by atoms with E-state index in [2.05, 4.69) is 20.3 Å². The fraction of sp³-hybridized carbons (Fsp3) is 0.125. The van der Waals surface area contributed by atoms with E-state index in [0.29, 0.717) is 10.8 Å². The first-order valence-corrected chi connectivity index (χ1v) is 8.03. The fourth-order valence-corrected chi connectivity index (χ4v) is 2.54. The number of nitrogens with one attached hydrogen (secondary N) is 1. The van der Waals surface area contributed by atoms with Crippen molar-refractivity contribution in [2.75, 3.05) is 11.1 Å². The first-order valence-electron chi connectivity index (χ1n) is 7.15. The third-order valence-corrected chi connectivity index (χ3v) is 3.91. The van der Waals surface area contributed by atoms with E-state index < -0.39 is 5.97 Å². The molecule has 0 saturated heterocycles. The molecule has 0 fully saturated rings. The molecule has 2 heterocycles. The number of nitrogens with two attached hydrogens (primary N) is 1. The maximum absolute atomic E-state index is 11.8. The lowest BCUT2D eigenvalue weighted by Gasteiger charge is -2.08. The highest BCUT2D eigenvalue weighted by Gasteiger charge is 2.11. The number of esters is 1. The molecule has 3 aromatic rings. The Morgan fingerprint density at radius 3 is 2.71 bits per heavy atom. The van der Waals surface area contributed by atoms with Crippen molar-refractivity contribution < 1.29 is 9.53 Å². The lowest BCUT2D eigenvalue weighted by atomic mass is 10.2. The number of nitrogens with zero attached hydrogens (tertiary/aromatic N) is 3. The highest BCUT2D eigenvalue weighted by Crippen LogP contribution is 2.15.